The maximum absolute atomic E-state index is 13.0. The van der Waals surface area contributed by atoms with E-state index in [0.717, 1.165) is 12.1 Å². The van der Waals surface area contributed by atoms with E-state index in [4.69, 9.17) is 4.74 Å². The van der Waals surface area contributed by atoms with Crippen LogP contribution in [-0.4, -0.2) is 17.3 Å². The number of halogens is 1. The van der Waals surface area contributed by atoms with Gasteiger partial charge in [-0.2, -0.15) is 4.39 Å². The van der Waals surface area contributed by atoms with Gasteiger partial charge in [0, 0.05) is 12.1 Å². The van der Waals surface area contributed by atoms with Gasteiger partial charge in [-0.25, -0.2) is 0 Å². The summed E-state index contributed by atoms with van der Waals surface area (Å²) in [7, 11) is 0. The Bertz CT molecular complexity index is 405. The Morgan fingerprint density at radius 3 is 2.73 bits per heavy atom. The van der Waals surface area contributed by atoms with Crippen molar-refractivity contribution in [3.63, 3.8) is 0 Å². The molecule has 0 aromatic heterocycles. The summed E-state index contributed by atoms with van der Waals surface area (Å²) in [6, 6.07) is 3.11. The number of nitro benzene ring substituents is 1. The predicted octanol–water partition coefficient (Wildman–Crippen LogP) is 1.70. The molecule has 80 valence electrons. The van der Waals surface area contributed by atoms with Crippen LogP contribution in [0.1, 0.15) is 6.92 Å². The number of carbonyl (C=O) groups is 1. The van der Waals surface area contributed by atoms with Crippen LogP contribution in [-0.2, 0) is 4.79 Å². The summed E-state index contributed by atoms with van der Waals surface area (Å²) in [4.78, 5) is 20.0. The summed E-state index contributed by atoms with van der Waals surface area (Å²) >= 11 is 0. The van der Waals surface area contributed by atoms with Gasteiger partial charge in [0.2, 0.25) is 5.82 Å². The van der Waals surface area contributed by atoms with Crippen molar-refractivity contribution in [2.24, 2.45) is 0 Å². The number of hydrogen-bond donors (Lipinski definition) is 0. The van der Waals surface area contributed by atoms with Crippen LogP contribution in [0.5, 0.6) is 5.75 Å². The standard InChI is InChI=1S/C9H8FNO4/c1-6(12)5-15-7-2-3-9(11(13)14)8(10)4-7/h2-4H,5H2,1H3. The average molecular weight is 213 g/mol. The van der Waals surface area contributed by atoms with E-state index < -0.39 is 16.4 Å². The van der Waals surface area contributed by atoms with Crippen molar-refractivity contribution in [1.82, 2.24) is 0 Å². The van der Waals surface area contributed by atoms with Crippen molar-refractivity contribution >= 4 is 11.5 Å². The normalized spacial score (nSPS) is 9.73. The number of benzene rings is 1. The summed E-state index contributed by atoms with van der Waals surface area (Å²) in [6.45, 7) is 1.14. The van der Waals surface area contributed by atoms with E-state index in [0.29, 0.717) is 0 Å². The number of nitrogens with zero attached hydrogens (tertiary/aromatic N) is 1. The van der Waals surface area contributed by atoms with Crippen LogP contribution in [0.4, 0.5) is 10.1 Å². The van der Waals surface area contributed by atoms with E-state index in [1.54, 1.807) is 0 Å². The third-order valence-corrected chi connectivity index (χ3v) is 1.56. The molecule has 1 aromatic carbocycles. The van der Waals surface area contributed by atoms with Gasteiger partial charge in [0.1, 0.15) is 12.4 Å². The van der Waals surface area contributed by atoms with Crippen molar-refractivity contribution in [3.8, 4) is 5.75 Å². The zero-order chi connectivity index (χ0) is 11.4. The third-order valence-electron chi connectivity index (χ3n) is 1.56. The number of nitro groups is 1. The molecule has 0 fully saturated rings. The lowest BCUT2D eigenvalue weighted by atomic mass is 10.3. The van der Waals surface area contributed by atoms with E-state index in [1.807, 2.05) is 0 Å². The number of ketones is 1. The van der Waals surface area contributed by atoms with Gasteiger partial charge in [0.15, 0.2) is 5.78 Å². The van der Waals surface area contributed by atoms with Crippen LogP contribution < -0.4 is 4.74 Å². The van der Waals surface area contributed by atoms with Gasteiger partial charge in [0.05, 0.1) is 4.92 Å². The highest BCUT2D eigenvalue weighted by molar-refractivity contribution is 5.77. The van der Waals surface area contributed by atoms with Gasteiger partial charge in [0.25, 0.3) is 0 Å². The SMILES string of the molecule is CC(=O)COc1ccc([N+](=O)[O-])c(F)c1. The monoisotopic (exact) mass is 213 g/mol. The molecule has 1 rings (SSSR count). The van der Waals surface area contributed by atoms with Gasteiger partial charge in [-0.1, -0.05) is 0 Å². The highest BCUT2D eigenvalue weighted by Crippen LogP contribution is 2.22. The van der Waals surface area contributed by atoms with Crippen LogP contribution >= 0.6 is 0 Å². The van der Waals surface area contributed by atoms with Crippen LogP contribution in [0, 0.1) is 15.9 Å². The fraction of sp³-hybridized carbons (Fsp3) is 0.222. The van der Waals surface area contributed by atoms with E-state index in [1.165, 1.54) is 13.0 Å². The number of hydrogen-bond acceptors (Lipinski definition) is 4. The lowest BCUT2D eigenvalue weighted by Crippen LogP contribution is -2.06. The molecular formula is C9H8FNO4. The van der Waals surface area contributed by atoms with E-state index in [9.17, 15) is 19.3 Å². The van der Waals surface area contributed by atoms with E-state index >= 15 is 0 Å². The molecule has 0 aliphatic heterocycles. The summed E-state index contributed by atoms with van der Waals surface area (Å²) in [6.07, 6.45) is 0. The Morgan fingerprint density at radius 2 is 2.27 bits per heavy atom. The zero-order valence-corrected chi connectivity index (χ0v) is 7.90. The predicted molar refractivity (Wildman–Crippen MR) is 49.2 cm³/mol. The average Bonchev–Trinajstić information content (AvgIpc) is 2.14. The van der Waals surface area contributed by atoms with Gasteiger partial charge in [-0.15, -0.1) is 0 Å². The molecule has 6 heteroatoms. The van der Waals surface area contributed by atoms with Gasteiger partial charge >= 0.3 is 5.69 Å². The number of ether oxygens (including phenoxy) is 1. The first-order valence-electron chi connectivity index (χ1n) is 4.07. The van der Waals surface area contributed by atoms with E-state index in [-0.39, 0.29) is 18.1 Å². The van der Waals surface area contributed by atoms with Crippen LogP contribution in [0.25, 0.3) is 0 Å². The van der Waals surface area contributed by atoms with Crippen molar-refractivity contribution in [1.29, 1.82) is 0 Å². The van der Waals surface area contributed by atoms with Gasteiger partial charge in [-0.05, 0) is 13.0 Å². The van der Waals surface area contributed by atoms with Crippen LogP contribution in [0.15, 0.2) is 18.2 Å². The third kappa shape index (κ3) is 3.01. The second-order valence-electron chi connectivity index (χ2n) is 2.86. The Labute approximate surface area is 84.6 Å². The van der Waals surface area contributed by atoms with Crippen molar-refractivity contribution in [3.05, 3.63) is 34.1 Å². The summed E-state index contributed by atoms with van der Waals surface area (Å²) in [5.74, 6) is -1.11. The van der Waals surface area contributed by atoms with Crippen LogP contribution in [0.2, 0.25) is 0 Å². The molecule has 5 nitrogen and oxygen atoms in total. The second-order valence-corrected chi connectivity index (χ2v) is 2.86. The summed E-state index contributed by atoms with van der Waals surface area (Å²) in [5.41, 5.74) is -0.620. The molecule has 0 aliphatic rings. The summed E-state index contributed by atoms with van der Waals surface area (Å²) in [5, 5.41) is 10.3. The molecular weight excluding hydrogens is 205 g/mol. The Balaban J connectivity index is 2.82. The smallest absolute Gasteiger partial charge is 0.305 e. The number of rotatable bonds is 4. The maximum atomic E-state index is 13.0. The second kappa shape index (κ2) is 4.50. The first kappa shape index (κ1) is 11.1. The molecule has 0 bridgehead atoms. The highest BCUT2D eigenvalue weighted by Gasteiger charge is 2.14. The lowest BCUT2D eigenvalue weighted by Gasteiger charge is -2.03. The molecule has 0 aliphatic carbocycles. The highest BCUT2D eigenvalue weighted by atomic mass is 19.1. The number of Topliss-reactive ketones (excluding diaryl/α,β-unsaturated/α-hetero) is 1. The Morgan fingerprint density at radius 1 is 1.60 bits per heavy atom. The fourth-order valence-electron chi connectivity index (χ4n) is 0.910. The topological polar surface area (TPSA) is 69.4 Å². The Hall–Kier alpha value is -1.98. The van der Waals surface area contributed by atoms with Crippen LogP contribution in [0.3, 0.4) is 0 Å². The fourth-order valence-corrected chi connectivity index (χ4v) is 0.910. The zero-order valence-electron chi connectivity index (χ0n) is 7.90. The molecule has 0 spiro atoms. The van der Waals surface area contributed by atoms with E-state index in [2.05, 4.69) is 0 Å². The molecule has 0 radical (unpaired) electrons. The molecule has 0 heterocycles. The van der Waals surface area contributed by atoms with Crippen molar-refractivity contribution in [2.75, 3.05) is 6.61 Å². The molecule has 1 aromatic rings. The minimum absolute atomic E-state index is 0.0910. The first-order chi connectivity index (χ1) is 7.00. The number of carbonyl (C=O) groups excluding carboxylic acids is 1. The quantitative estimate of drug-likeness (QED) is 0.563. The lowest BCUT2D eigenvalue weighted by molar-refractivity contribution is -0.387. The van der Waals surface area contributed by atoms with Gasteiger partial charge in [-0.3, -0.25) is 14.9 Å². The molecule has 0 unspecified atom stereocenters. The molecule has 0 saturated heterocycles. The molecule has 0 saturated carbocycles. The minimum Gasteiger partial charge on any atom is -0.486 e. The minimum atomic E-state index is -0.985. The largest absolute Gasteiger partial charge is 0.486 e. The molecule has 15 heavy (non-hydrogen) atoms. The first-order valence-corrected chi connectivity index (χ1v) is 4.07. The molecule has 0 amide bonds. The van der Waals surface area contributed by atoms with Crippen molar-refractivity contribution < 1.29 is 18.8 Å². The maximum Gasteiger partial charge on any atom is 0.305 e. The van der Waals surface area contributed by atoms with Crippen molar-refractivity contribution in [2.45, 2.75) is 6.92 Å². The Kier molecular flexibility index (Phi) is 3.33. The molecule has 0 N–H and O–H groups in total. The molecule has 0 atom stereocenters. The summed E-state index contributed by atoms with van der Waals surface area (Å²) < 4.78 is 17.9. The van der Waals surface area contributed by atoms with Gasteiger partial charge < -0.3 is 4.74 Å².